The van der Waals surface area contributed by atoms with E-state index in [2.05, 4.69) is 5.32 Å². The van der Waals surface area contributed by atoms with E-state index in [9.17, 15) is 28.8 Å². The van der Waals surface area contributed by atoms with Gasteiger partial charge in [-0.15, -0.1) is 0 Å². The monoisotopic (exact) mass is 350 g/mol. The van der Waals surface area contributed by atoms with Crippen LogP contribution in [0.4, 0.5) is 5.69 Å². The second-order valence-electron chi connectivity index (χ2n) is 5.16. The Bertz CT molecular complexity index is 650. The van der Waals surface area contributed by atoms with Gasteiger partial charge in [-0.2, -0.15) is 0 Å². The number of primary sulfonamides is 1. The SMILES string of the molecule is NS(=O)(=O)c1ccc(N[C@]2(O)O[C@@H](CO)[C@@H](O)[C@@H](O)[C@@H]2O)cc1. The van der Waals surface area contributed by atoms with Crippen LogP contribution < -0.4 is 10.5 Å². The van der Waals surface area contributed by atoms with Gasteiger partial charge in [0, 0.05) is 5.69 Å². The Kier molecular flexibility index (Phi) is 4.94. The van der Waals surface area contributed by atoms with Crippen LogP contribution in [0.1, 0.15) is 0 Å². The lowest BCUT2D eigenvalue weighted by Crippen LogP contribution is -2.68. The van der Waals surface area contributed by atoms with E-state index in [1.807, 2.05) is 0 Å². The predicted molar refractivity (Wildman–Crippen MR) is 76.4 cm³/mol. The Hall–Kier alpha value is -1.31. The third-order valence-corrected chi connectivity index (χ3v) is 4.40. The molecule has 2 rings (SSSR count). The standard InChI is InChI=1S/C12H18N2O8S/c13-23(20,21)7-3-1-6(2-4-7)14-12(19)11(18)10(17)9(16)8(5-15)22-12/h1-4,8-11,14-19H,5H2,(H2,13,20,21)/t8-,9+,10+,11-,12+/m0/s1. The summed E-state index contributed by atoms with van der Waals surface area (Å²) in [4.78, 5) is -0.163. The van der Waals surface area contributed by atoms with E-state index in [1.54, 1.807) is 0 Å². The van der Waals surface area contributed by atoms with Crippen LogP contribution in [0.3, 0.4) is 0 Å². The molecule has 0 spiro atoms. The average molecular weight is 350 g/mol. The first kappa shape index (κ1) is 18.0. The van der Waals surface area contributed by atoms with Crippen molar-refractivity contribution in [2.45, 2.75) is 35.2 Å². The molecular weight excluding hydrogens is 332 g/mol. The van der Waals surface area contributed by atoms with Crippen LogP contribution >= 0.6 is 0 Å². The number of nitrogens with one attached hydrogen (secondary N) is 1. The van der Waals surface area contributed by atoms with E-state index in [0.29, 0.717) is 0 Å². The summed E-state index contributed by atoms with van der Waals surface area (Å²) in [5.74, 6) is -2.50. The molecule has 0 aromatic heterocycles. The van der Waals surface area contributed by atoms with Crippen LogP contribution in [0.5, 0.6) is 0 Å². The number of anilines is 1. The fraction of sp³-hybridized carbons (Fsp3) is 0.500. The molecule has 11 heteroatoms. The molecule has 1 aliphatic heterocycles. The number of aliphatic hydroxyl groups is 5. The Labute approximate surface area is 131 Å². The summed E-state index contributed by atoms with van der Waals surface area (Å²) in [6.45, 7) is -0.709. The molecule has 0 saturated carbocycles. The number of benzene rings is 1. The van der Waals surface area contributed by atoms with Crippen molar-refractivity contribution in [3.63, 3.8) is 0 Å². The number of hydrogen-bond acceptors (Lipinski definition) is 9. The molecule has 23 heavy (non-hydrogen) atoms. The molecule has 1 aromatic carbocycles. The topological polar surface area (TPSA) is 183 Å². The van der Waals surface area contributed by atoms with Crippen molar-refractivity contribution in [1.29, 1.82) is 0 Å². The van der Waals surface area contributed by atoms with Gasteiger partial charge in [0.1, 0.15) is 18.3 Å². The lowest BCUT2D eigenvalue weighted by Gasteiger charge is -2.45. The van der Waals surface area contributed by atoms with Crippen LogP contribution in [0.15, 0.2) is 29.2 Å². The third kappa shape index (κ3) is 3.62. The summed E-state index contributed by atoms with van der Waals surface area (Å²) in [6.07, 6.45) is -6.64. The van der Waals surface area contributed by atoms with Crippen LogP contribution in [-0.2, 0) is 14.8 Å². The molecule has 0 unspecified atom stereocenters. The number of nitrogens with two attached hydrogens (primary N) is 1. The summed E-state index contributed by atoms with van der Waals surface area (Å²) in [5.41, 5.74) is 0.138. The fourth-order valence-corrected chi connectivity index (χ4v) is 2.71. The highest BCUT2D eigenvalue weighted by molar-refractivity contribution is 7.89. The van der Waals surface area contributed by atoms with Gasteiger partial charge < -0.3 is 35.6 Å². The molecule has 8 N–H and O–H groups in total. The van der Waals surface area contributed by atoms with Gasteiger partial charge in [0.25, 0.3) is 5.91 Å². The minimum atomic E-state index is -3.88. The molecule has 1 fully saturated rings. The summed E-state index contributed by atoms with van der Waals surface area (Å²) >= 11 is 0. The third-order valence-electron chi connectivity index (χ3n) is 3.47. The van der Waals surface area contributed by atoms with Crippen molar-refractivity contribution in [3.8, 4) is 0 Å². The highest BCUT2D eigenvalue weighted by Gasteiger charge is 2.53. The zero-order valence-corrected chi connectivity index (χ0v) is 12.6. The molecule has 1 aromatic rings. The van der Waals surface area contributed by atoms with Crippen molar-refractivity contribution in [2.75, 3.05) is 11.9 Å². The first-order valence-electron chi connectivity index (χ1n) is 6.55. The average Bonchev–Trinajstić information content (AvgIpc) is 2.49. The van der Waals surface area contributed by atoms with E-state index >= 15 is 0 Å². The summed E-state index contributed by atoms with van der Waals surface area (Å²) in [7, 11) is -3.88. The molecular formula is C12H18N2O8S. The van der Waals surface area contributed by atoms with Gasteiger partial charge in [-0.3, -0.25) is 0 Å². The van der Waals surface area contributed by atoms with Crippen LogP contribution in [-0.4, -0.2) is 70.9 Å². The maximum atomic E-state index is 11.2. The summed E-state index contributed by atoms with van der Waals surface area (Å²) in [6, 6.07) is 4.81. The van der Waals surface area contributed by atoms with Crippen molar-refractivity contribution in [3.05, 3.63) is 24.3 Å². The molecule has 0 aliphatic carbocycles. The van der Waals surface area contributed by atoms with E-state index < -0.39 is 47.0 Å². The van der Waals surface area contributed by atoms with Gasteiger partial charge in [0.05, 0.1) is 11.5 Å². The number of aliphatic hydroxyl groups excluding tert-OH is 4. The van der Waals surface area contributed by atoms with Crippen molar-refractivity contribution in [2.24, 2.45) is 5.14 Å². The van der Waals surface area contributed by atoms with Gasteiger partial charge in [0.2, 0.25) is 10.0 Å². The second kappa shape index (κ2) is 6.30. The summed E-state index contributed by atoms with van der Waals surface area (Å²) in [5, 5.41) is 55.9. The lowest BCUT2D eigenvalue weighted by molar-refractivity contribution is -0.336. The minimum Gasteiger partial charge on any atom is -0.394 e. The van der Waals surface area contributed by atoms with Crippen molar-refractivity contribution < 1.29 is 38.7 Å². The fourth-order valence-electron chi connectivity index (χ4n) is 2.19. The molecule has 1 saturated heterocycles. The van der Waals surface area contributed by atoms with Crippen LogP contribution in [0.2, 0.25) is 0 Å². The van der Waals surface area contributed by atoms with Crippen LogP contribution in [0.25, 0.3) is 0 Å². The minimum absolute atomic E-state index is 0.138. The molecule has 0 bridgehead atoms. The van der Waals surface area contributed by atoms with Crippen molar-refractivity contribution >= 4 is 15.7 Å². The first-order valence-corrected chi connectivity index (χ1v) is 8.09. The molecule has 1 heterocycles. The zero-order valence-electron chi connectivity index (χ0n) is 11.8. The highest BCUT2D eigenvalue weighted by Crippen LogP contribution is 2.29. The number of sulfonamides is 1. The highest BCUT2D eigenvalue weighted by atomic mass is 32.2. The van der Waals surface area contributed by atoms with Gasteiger partial charge >= 0.3 is 0 Å². The van der Waals surface area contributed by atoms with E-state index in [-0.39, 0.29) is 10.6 Å². The van der Waals surface area contributed by atoms with E-state index in [0.717, 1.165) is 12.1 Å². The Morgan fingerprint density at radius 3 is 2.22 bits per heavy atom. The summed E-state index contributed by atoms with van der Waals surface area (Å²) < 4.78 is 27.3. The first-order chi connectivity index (χ1) is 10.6. The smallest absolute Gasteiger partial charge is 0.277 e. The maximum Gasteiger partial charge on any atom is 0.277 e. The van der Waals surface area contributed by atoms with E-state index in [4.69, 9.17) is 15.0 Å². The number of hydrogen-bond donors (Lipinski definition) is 7. The number of rotatable bonds is 4. The van der Waals surface area contributed by atoms with Gasteiger partial charge in [-0.1, -0.05) is 0 Å². The van der Waals surface area contributed by atoms with Crippen molar-refractivity contribution in [1.82, 2.24) is 0 Å². The molecule has 10 nitrogen and oxygen atoms in total. The molecule has 5 atom stereocenters. The second-order valence-corrected chi connectivity index (χ2v) is 6.72. The predicted octanol–water partition coefficient (Wildman–Crippen LogP) is -3.13. The van der Waals surface area contributed by atoms with Gasteiger partial charge in [-0.25, -0.2) is 13.6 Å². The largest absolute Gasteiger partial charge is 0.394 e. The van der Waals surface area contributed by atoms with Gasteiger partial charge in [0.15, 0.2) is 6.10 Å². The lowest BCUT2D eigenvalue weighted by atomic mass is 9.96. The molecule has 1 aliphatic rings. The molecule has 0 radical (unpaired) electrons. The number of ether oxygens (including phenoxy) is 1. The van der Waals surface area contributed by atoms with Gasteiger partial charge in [-0.05, 0) is 24.3 Å². The molecule has 130 valence electrons. The van der Waals surface area contributed by atoms with E-state index in [1.165, 1.54) is 12.1 Å². The Morgan fingerprint density at radius 1 is 1.17 bits per heavy atom. The molecule has 0 amide bonds. The zero-order chi connectivity index (χ0) is 17.4. The Morgan fingerprint density at radius 2 is 1.74 bits per heavy atom. The maximum absolute atomic E-state index is 11.2. The Balaban J connectivity index is 2.23. The quantitative estimate of drug-likeness (QED) is 0.276. The normalized spacial score (nSPS) is 35.0. The van der Waals surface area contributed by atoms with Crippen LogP contribution in [0, 0.1) is 0 Å².